The monoisotopic (exact) mass is 955 g/mol. The third-order valence-corrected chi connectivity index (χ3v) is 13.4. The number of unbranched alkanes of at least 4 members (excludes halogenated alkanes) is 38. The van der Waals surface area contributed by atoms with Crippen LogP contribution in [0.2, 0.25) is 0 Å². The Morgan fingerprint density at radius 1 is 0.294 bits per heavy atom. The lowest BCUT2D eigenvalue weighted by atomic mass is 10.0. The van der Waals surface area contributed by atoms with Crippen molar-refractivity contribution in [1.29, 1.82) is 0 Å². The first-order chi connectivity index (χ1) is 33.5. The van der Waals surface area contributed by atoms with Crippen LogP contribution in [0.1, 0.15) is 323 Å². The quantitative estimate of drug-likeness (QED) is 0.0262. The molecule has 0 rings (SSSR count). The van der Waals surface area contributed by atoms with Crippen molar-refractivity contribution in [2.24, 2.45) is 0 Å². The molecule has 0 aromatic rings. The molecular weight excluding hydrogens is 841 g/mol. The molecule has 0 fully saturated rings. The highest BCUT2D eigenvalue weighted by Gasteiger charge is 2.19. The summed E-state index contributed by atoms with van der Waals surface area (Å²) < 4.78 is 16.8. The number of ether oxygens (including phenoxy) is 3. The van der Waals surface area contributed by atoms with Crippen molar-refractivity contribution in [2.45, 2.75) is 329 Å². The van der Waals surface area contributed by atoms with Gasteiger partial charge in [0.05, 0.1) is 0 Å². The second-order valence-electron chi connectivity index (χ2n) is 20.3. The van der Waals surface area contributed by atoms with Crippen LogP contribution < -0.4 is 0 Å². The zero-order chi connectivity index (χ0) is 49.3. The molecule has 0 spiro atoms. The largest absolute Gasteiger partial charge is 0.462 e. The Labute approximate surface area is 423 Å². The van der Waals surface area contributed by atoms with Crippen molar-refractivity contribution in [3.63, 3.8) is 0 Å². The third-order valence-electron chi connectivity index (χ3n) is 13.4. The van der Waals surface area contributed by atoms with Crippen LogP contribution in [-0.4, -0.2) is 37.2 Å². The van der Waals surface area contributed by atoms with Crippen LogP contribution >= 0.6 is 0 Å². The van der Waals surface area contributed by atoms with Crippen LogP contribution in [0.15, 0.2) is 36.5 Å². The molecule has 398 valence electrons. The Hall–Kier alpha value is -2.37. The normalized spacial score (nSPS) is 12.2. The van der Waals surface area contributed by atoms with E-state index in [2.05, 4.69) is 57.2 Å². The average molecular weight is 956 g/mol. The van der Waals surface area contributed by atoms with Gasteiger partial charge >= 0.3 is 17.9 Å². The van der Waals surface area contributed by atoms with E-state index < -0.39 is 6.10 Å². The summed E-state index contributed by atoms with van der Waals surface area (Å²) in [5.41, 5.74) is 0. The molecule has 0 heterocycles. The minimum atomic E-state index is -0.770. The number of allylic oxidation sites excluding steroid dienone is 6. The second-order valence-corrected chi connectivity index (χ2v) is 20.3. The van der Waals surface area contributed by atoms with Gasteiger partial charge in [-0.15, -0.1) is 0 Å². The first-order valence-electron chi connectivity index (χ1n) is 30.0. The summed E-state index contributed by atoms with van der Waals surface area (Å²) in [4.78, 5) is 38.0. The summed E-state index contributed by atoms with van der Waals surface area (Å²) in [5, 5.41) is 0. The van der Waals surface area contributed by atoms with E-state index >= 15 is 0 Å². The van der Waals surface area contributed by atoms with Crippen molar-refractivity contribution in [3.05, 3.63) is 36.5 Å². The van der Waals surface area contributed by atoms with Crippen LogP contribution in [0, 0.1) is 0 Å². The lowest BCUT2D eigenvalue weighted by molar-refractivity contribution is -0.167. The molecule has 6 nitrogen and oxygen atoms in total. The van der Waals surface area contributed by atoms with Gasteiger partial charge in [0.25, 0.3) is 0 Å². The molecule has 6 heteroatoms. The Morgan fingerprint density at radius 3 is 0.824 bits per heavy atom. The molecule has 0 aromatic heterocycles. The molecule has 0 aliphatic heterocycles. The van der Waals surface area contributed by atoms with Crippen molar-refractivity contribution >= 4 is 17.9 Å². The van der Waals surface area contributed by atoms with Crippen LogP contribution in [0.5, 0.6) is 0 Å². The van der Waals surface area contributed by atoms with E-state index in [4.69, 9.17) is 14.2 Å². The summed E-state index contributed by atoms with van der Waals surface area (Å²) in [5.74, 6) is -0.866. The van der Waals surface area contributed by atoms with Gasteiger partial charge in [-0.1, -0.05) is 263 Å². The number of hydrogen-bond donors (Lipinski definition) is 0. The summed E-state index contributed by atoms with van der Waals surface area (Å²) in [6.07, 6.45) is 68.8. The molecular formula is C62H114O6. The summed E-state index contributed by atoms with van der Waals surface area (Å²) >= 11 is 0. The number of carbonyl (C=O) groups excluding carboxylic acids is 3. The maximum atomic E-state index is 12.8. The fourth-order valence-electron chi connectivity index (χ4n) is 8.82. The molecule has 0 saturated heterocycles. The minimum Gasteiger partial charge on any atom is -0.462 e. The number of rotatable bonds is 55. The SMILES string of the molecule is CCCCCCC/C=C\C/C=C\CCCCCCCCCCCCCCCC(=O)OCC(COC(=O)CCCCCCCCC)OC(=O)CCCCCCCCC/C=C\CCCCCCCCC. The van der Waals surface area contributed by atoms with Gasteiger partial charge in [0.2, 0.25) is 0 Å². The summed E-state index contributed by atoms with van der Waals surface area (Å²) in [7, 11) is 0. The van der Waals surface area contributed by atoms with Gasteiger partial charge in [0, 0.05) is 19.3 Å². The molecule has 0 radical (unpaired) electrons. The predicted octanol–water partition coefficient (Wildman–Crippen LogP) is 20.0. The zero-order valence-corrected chi connectivity index (χ0v) is 45.6. The van der Waals surface area contributed by atoms with E-state index in [1.54, 1.807) is 0 Å². The van der Waals surface area contributed by atoms with Crippen LogP contribution in [0.25, 0.3) is 0 Å². The highest BCUT2D eigenvalue weighted by atomic mass is 16.6. The minimum absolute atomic E-state index is 0.0710. The Bertz CT molecular complexity index is 1140. The van der Waals surface area contributed by atoms with Crippen molar-refractivity contribution < 1.29 is 28.6 Å². The van der Waals surface area contributed by atoms with Crippen molar-refractivity contribution in [1.82, 2.24) is 0 Å². The molecule has 0 amide bonds. The maximum absolute atomic E-state index is 12.8. The Kier molecular flexibility index (Phi) is 55.2. The Morgan fingerprint density at radius 2 is 0.529 bits per heavy atom. The molecule has 0 aliphatic carbocycles. The van der Waals surface area contributed by atoms with Crippen molar-refractivity contribution in [2.75, 3.05) is 13.2 Å². The van der Waals surface area contributed by atoms with Gasteiger partial charge in [-0.05, 0) is 77.0 Å². The molecule has 0 N–H and O–H groups in total. The highest BCUT2D eigenvalue weighted by molar-refractivity contribution is 5.71. The first kappa shape index (κ1) is 65.6. The number of carbonyl (C=O) groups is 3. The van der Waals surface area contributed by atoms with Gasteiger partial charge in [-0.2, -0.15) is 0 Å². The van der Waals surface area contributed by atoms with Gasteiger partial charge in [-0.25, -0.2) is 0 Å². The number of esters is 3. The van der Waals surface area contributed by atoms with Crippen LogP contribution in [0.3, 0.4) is 0 Å². The van der Waals surface area contributed by atoms with Gasteiger partial charge in [0.15, 0.2) is 6.10 Å². The molecule has 0 aromatic carbocycles. The molecule has 68 heavy (non-hydrogen) atoms. The lowest BCUT2D eigenvalue weighted by Crippen LogP contribution is -2.30. The summed E-state index contributed by atoms with van der Waals surface area (Å²) in [6, 6.07) is 0. The molecule has 1 unspecified atom stereocenters. The van der Waals surface area contributed by atoms with E-state index in [0.29, 0.717) is 19.3 Å². The predicted molar refractivity (Wildman–Crippen MR) is 293 cm³/mol. The average Bonchev–Trinajstić information content (AvgIpc) is 3.34. The molecule has 0 bridgehead atoms. The fraction of sp³-hybridized carbons (Fsp3) is 0.855. The highest BCUT2D eigenvalue weighted by Crippen LogP contribution is 2.16. The van der Waals surface area contributed by atoms with E-state index in [1.807, 2.05) is 0 Å². The topological polar surface area (TPSA) is 78.9 Å². The molecule has 0 aliphatic rings. The van der Waals surface area contributed by atoms with Crippen molar-refractivity contribution in [3.8, 4) is 0 Å². The second kappa shape index (κ2) is 57.2. The first-order valence-corrected chi connectivity index (χ1v) is 30.0. The maximum Gasteiger partial charge on any atom is 0.306 e. The van der Waals surface area contributed by atoms with Crippen LogP contribution in [-0.2, 0) is 28.6 Å². The standard InChI is InChI=1S/C62H114O6/c1-4-7-10-13-16-18-20-22-24-26-28-29-30-31-32-33-34-36-37-39-41-43-46-49-52-55-61(64)67-58-59(57-66-60(63)54-51-48-45-15-12-9-6-3)68-62(65)56-53-50-47-44-42-40-38-35-27-25-23-21-19-17-14-11-8-5-2/h20,22,25-28,59H,4-19,21,23-24,29-58H2,1-3H3/b22-20-,27-25-,28-26-. The number of hydrogen-bond acceptors (Lipinski definition) is 6. The lowest BCUT2D eigenvalue weighted by Gasteiger charge is -2.18. The van der Waals surface area contributed by atoms with Gasteiger partial charge in [-0.3, -0.25) is 14.4 Å². The summed E-state index contributed by atoms with van der Waals surface area (Å²) in [6.45, 7) is 6.62. The van der Waals surface area contributed by atoms with Crippen LogP contribution in [0.4, 0.5) is 0 Å². The van der Waals surface area contributed by atoms with Gasteiger partial charge in [0.1, 0.15) is 13.2 Å². The van der Waals surface area contributed by atoms with E-state index in [-0.39, 0.29) is 31.1 Å². The third kappa shape index (κ3) is 54.6. The zero-order valence-electron chi connectivity index (χ0n) is 45.6. The van der Waals surface area contributed by atoms with E-state index in [1.165, 1.54) is 218 Å². The molecule has 0 saturated carbocycles. The fourth-order valence-corrected chi connectivity index (χ4v) is 8.82. The molecule has 1 atom stereocenters. The van der Waals surface area contributed by atoms with E-state index in [9.17, 15) is 14.4 Å². The smallest absolute Gasteiger partial charge is 0.306 e. The van der Waals surface area contributed by atoms with E-state index in [0.717, 1.165) is 64.2 Å². The Balaban J connectivity index is 4.12. The van der Waals surface area contributed by atoms with Gasteiger partial charge < -0.3 is 14.2 Å².